The molecular formula is C45H66N4O8S2. The van der Waals surface area contributed by atoms with Gasteiger partial charge in [-0.1, -0.05) is 24.3 Å². The zero-order chi connectivity index (χ0) is 40.7. The molecule has 12 nitrogen and oxygen atoms in total. The number of nitrogens with one attached hydrogen (secondary N) is 2. The molecule has 4 bridgehead atoms. The van der Waals surface area contributed by atoms with E-state index in [4.69, 9.17) is 18.9 Å². The van der Waals surface area contributed by atoms with Crippen molar-refractivity contribution in [1.82, 2.24) is 19.2 Å². The molecule has 0 amide bonds. The molecule has 59 heavy (non-hydrogen) atoms. The summed E-state index contributed by atoms with van der Waals surface area (Å²) < 4.78 is 84.8. The zero-order valence-electron chi connectivity index (χ0n) is 35.1. The van der Waals surface area contributed by atoms with Crippen LogP contribution < -0.4 is 18.9 Å². The van der Waals surface area contributed by atoms with Gasteiger partial charge in [0.15, 0.2) is 0 Å². The van der Waals surface area contributed by atoms with Crippen molar-refractivity contribution >= 4 is 20.0 Å². The number of aryl methyl sites for hydroxylation is 1. The summed E-state index contributed by atoms with van der Waals surface area (Å²) in [7, 11) is -6.81. The molecule has 2 unspecified atom stereocenters. The molecule has 0 radical (unpaired) electrons. The monoisotopic (exact) mass is 854 g/mol. The second-order valence-electron chi connectivity index (χ2n) is 18.9. The molecule has 0 aromatic heterocycles. The summed E-state index contributed by atoms with van der Waals surface area (Å²) in [4.78, 5) is 4.80. The fourth-order valence-electron chi connectivity index (χ4n) is 11.3. The maximum atomic E-state index is 13.0. The zero-order valence-corrected chi connectivity index (χ0v) is 36.7. The van der Waals surface area contributed by atoms with Crippen LogP contribution in [0.25, 0.3) is 0 Å². The predicted octanol–water partition coefficient (Wildman–Crippen LogP) is 5.56. The summed E-state index contributed by atoms with van der Waals surface area (Å²) in [6, 6.07) is 12.7. The number of ether oxygens (including phenoxy) is 4. The fraction of sp³-hybridized carbons (Fsp3) is 0.733. The highest BCUT2D eigenvalue weighted by molar-refractivity contribution is 7.90. The van der Waals surface area contributed by atoms with Crippen LogP contribution >= 0.6 is 0 Å². The summed E-state index contributed by atoms with van der Waals surface area (Å²) in [5.41, 5.74) is 4.93. The highest BCUT2D eigenvalue weighted by Gasteiger charge is 2.42. The number of benzene rings is 2. The number of hydrogen-bond acceptors (Lipinski definition) is 10. The van der Waals surface area contributed by atoms with Crippen molar-refractivity contribution in [2.24, 2.45) is 0 Å². The molecule has 2 saturated heterocycles. The Hall–Kier alpha value is -2.30. The topological polar surface area (TPSA) is 136 Å². The Morgan fingerprint density at radius 1 is 0.627 bits per heavy atom. The summed E-state index contributed by atoms with van der Waals surface area (Å²) in [6.45, 7) is 7.16. The van der Waals surface area contributed by atoms with Crippen molar-refractivity contribution in [2.75, 3.05) is 58.9 Å². The number of hydrogen-bond donors (Lipinski definition) is 2. The van der Waals surface area contributed by atoms with Gasteiger partial charge in [0.2, 0.25) is 20.0 Å². The number of nitrogens with zero attached hydrogens (tertiary/aromatic N) is 2. The van der Waals surface area contributed by atoms with Gasteiger partial charge in [0.1, 0.15) is 24.7 Å². The Morgan fingerprint density at radius 3 is 1.95 bits per heavy atom. The summed E-state index contributed by atoms with van der Waals surface area (Å²) in [5, 5.41) is -0.243. The van der Waals surface area contributed by atoms with E-state index in [1.807, 2.05) is 0 Å². The lowest BCUT2D eigenvalue weighted by molar-refractivity contribution is -0.0315. The Kier molecular flexibility index (Phi) is 12.7. The van der Waals surface area contributed by atoms with Crippen molar-refractivity contribution in [3.05, 3.63) is 58.7 Å². The van der Waals surface area contributed by atoms with E-state index in [0.717, 1.165) is 102 Å². The molecular weight excluding hydrogens is 789 g/mol. The van der Waals surface area contributed by atoms with Crippen LogP contribution in [0.3, 0.4) is 0 Å². The molecule has 3 saturated carbocycles. The lowest BCUT2D eigenvalue weighted by Crippen LogP contribution is -2.59. The first-order chi connectivity index (χ1) is 28.5. The molecule has 9 aliphatic rings. The average Bonchev–Trinajstić information content (AvgIpc) is 4.07. The van der Waals surface area contributed by atoms with E-state index >= 15 is 0 Å². The minimum atomic E-state index is -3.50. The first-order valence-electron chi connectivity index (χ1n) is 22.7. The molecule has 2 aromatic carbocycles. The third-order valence-electron chi connectivity index (χ3n) is 14.6. The van der Waals surface area contributed by atoms with Crippen LogP contribution in [0, 0.1) is 6.92 Å². The van der Waals surface area contributed by atoms with Crippen LogP contribution in [0.15, 0.2) is 36.4 Å². The minimum absolute atomic E-state index is 0.0234. The van der Waals surface area contributed by atoms with Gasteiger partial charge in [-0.3, -0.25) is 9.80 Å². The number of rotatable bonds is 6. The van der Waals surface area contributed by atoms with Gasteiger partial charge in [0.25, 0.3) is 0 Å². The van der Waals surface area contributed by atoms with Gasteiger partial charge in [-0.05, 0) is 149 Å². The van der Waals surface area contributed by atoms with Crippen molar-refractivity contribution in [3.8, 4) is 11.5 Å². The molecule has 6 aliphatic heterocycles. The van der Waals surface area contributed by atoms with E-state index in [1.165, 1.54) is 28.5 Å². The van der Waals surface area contributed by atoms with E-state index in [-0.39, 0.29) is 47.5 Å². The van der Waals surface area contributed by atoms with Gasteiger partial charge < -0.3 is 18.9 Å². The second-order valence-corrected chi connectivity index (χ2v) is 22.6. The maximum absolute atomic E-state index is 13.0. The highest BCUT2D eigenvalue weighted by atomic mass is 32.2. The Labute approximate surface area is 352 Å². The molecule has 6 heterocycles. The molecule has 5 fully saturated rings. The van der Waals surface area contributed by atoms with Crippen LogP contribution in [-0.4, -0.2) is 127 Å². The Balaban J connectivity index is 0.963. The largest absolute Gasteiger partial charge is 0.492 e. The lowest BCUT2D eigenvalue weighted by atomic mass is 9.79. The predicted molar refractivity (Wildman–Crippen MR) is 228 cm³/mol. The number of sulfonamides is 2. The van der Waals surface area contributed by atoms with Crippen LogP contribution in [0.1, 0.15) is 123 Å². The number of fused-ring (bicyclic) bond motifs is 10. The molecule has 2 aromatic rings. The molecule has 3 aliphatic carbocycles. The molecule has 11 rings (SSSR count). The van der Waals surface area contributed by atoms with E-state index in [9.17, 15) is 16.8 Å². The second kappa shape index (κ2) is 17.8. The molecule has 0 spiro atoms. The van der Waals surface area contributed by atoms with Gasteiger partial charge in [-0.15, -0.1) is 0 Å². The van der Waals surface area contributed by atoms with Crippen LogP contribution in [0.4, 0.5) is 0 Å². The van der Waals surface area contributed by atoms with Crippen LogP contribution in [0.2, 0.25) is 0 Å². The summed E-state index contributed by atoms with van der Waals surface area (Å²) in [6.07, 6.45) is 13.5. The van der Waals surface area contributed by atoms with E-state index in [1.54, 1.807) is 0 Å². The smallest absolute Gasteiger partial charge is 0.214 e. The van der Waals surface area contributed by atoms with Crippen LogP contribution in [0.5, 0.6) is 11.5 Å². The minimum Gasteiger partial charge on any atom is -0.492 e. The highest BCUT2D eigenvalue weighted by Crippen LogP contribution is 2.43. The van der Waals surface area contributed by atoms with E-state index < -0.39 is 20.0 Å². The Morgan fingerprint density at radius 2 is 1.27 bits per heavy atom. The fourth-order valence-corrected chi connectivity index (χ4v) is 13.7. The first kappa shape index (κ1) is 42.0. The van der Waals surface area contributed by atoms with E-state index in [0.29, 0.717) is 57.8 Å². The third-order valence-corrected chi connectivity index (χ3v) is 17.4. The Bertz CT molecular complexity index is 2000. The molecule has 326 valence electrons. The normalized spacial score (nSPS) is 34.0. The first-order valence-corrected chi connectivity index (χ1v) is 26.1. The van der Waals surface area contributed by atoms with Gasteiger partial charge >= 0.3 is 0 Å². The van der Waals surface area contributed by atoms with Crippen molar-refractivity contribution in [3.63, 3.8) is 0 Å². The van der Waals surface area contributed by atoms with Crippen LogP contribution in [-0.2, 0) is 29.5 Å². The number of piperidine rings is 2. The maximum Gasteiger partial charge on any atom is 0.214 e. The van der Waals surface area contributed by atoms with Crippen molar-refractivity contribution in [2.45, 2.75) is 150 Å². The average molecular weight is 855 g/mol. The quantitative estimate of drug-likeness (QED) is 0.381. The third kappa shape index (κ3) is 10.0. The lowest BCUT2D eigenvalue weighted by Gasteiger charge is -2.45. The summed E-state index contributed by atoms with van der Waals surface area (Å²) >= 11 is 0. The van der Waals surface area contributed by atoms with Crippen molar-refractivity contribution < 1.29 is 35.8 Å². The molecule has 14 heteroatoms. The van der Waals surface area contributed by atoms with Gasteiger partial charge in [0, 0.05) is 43.8 Å². The SMILES string of the molecule is Cc1ccc2c(c1)OCCN1CC(c3ccc4c(c3)C3CCC(CC3)OC[C@H]3[C@@H](NS(=O)(=O)C5CC5)CCCN3CCO4)CC(NS(C)(=O)=O)[C@@H]1COC1CCC2CC1. The van der Waals surface area contributed by atoms with Crippen molar-refractivity contribution in [1.29, 1.82) is 0 Å². The van der Waals surface area contributed by atoms with Gasteiger partial charge in [0.05, 0.1) is 36.9 Å². The van der Waals surface area contributed by atoms with E-state index in [2.05, 4.69) is 62.6 Å². The summed E-state index contributed by atoms with van der Waals surface area (Å²) in [5.74, 6) is 2.78. The molecule has 5 atom stereocenters. The van der Waals surface area contributed by atoms with Gasteiger partial charge in [-0.2, -0.15) is 0 Å². The van der Waals surface area contributed by atoms with Gasteiger partial charge in [-0.25, -0.2) is 26.3 Å². The standard InChI is InChI=1S/C45H66N4O8S2/c1-30-5-17-38-31-6-11-35(12-7-31)57-29-43-41(46-58(2,50)51)26-34(27-49(43)21-23-55-45(38)24-30)33-10-18-44-39(25-33)32-8-13-36(14-9-32)56-28-42-40(47-59(52,53)37-15-16-37)4-3-19-48(42)20-22-54-44/h5,10,17-18,24-25,31-32,34-37,40-43,46-47H,3-4,6-9,11-16,19-23,26-29H2,1-2H3/t31?,32?,34?,35?,36?,40-,41?,42-,43-/m0/s1. The molecule has 2 N–H and O–H groups in total.